The van der Waals surface area contributed by atoms with Gasteiger partial charge in [-0.15, -0.1) is 0 Å². The van der Waals surface area contributed by atoms with Crippen LogP contribution in [0.5, 0.6) is 0 Å². The van der Waals surface area contributed by atoms with Crippen LogP contribution in [0.1, 0.15) is 38.3 Å². The van der Waals surface area contributed by atoms with E-state index in [9.17, 15) is 13.6 Å². The number of carbonyl (C=O) groups excluding carboxylic acids is 1. The van der Waals surface area contributed by atoms with Gasteiger partial charge in [0.25, 0.3) is 0 Å². The average Bonchev–Trinajstić information content (AvgIpc) is 2.38. The molecule has 1 saturated heterocycles. The second kappa shape index (κ2) is 6.31. The van der Waals surface area contributed by atoms with Crippen LogP contribution < -0.4 is 10.6 Å². The van der Waals surface area contributed by atoms with E-state index in [2.05, 4.69) is 17.6 Å². The summed E-state index contributed by atoms with van der Waals surface area (Å²) in [5.41, 5.74) is 0.295. The fourth-order valence-electron chi connectivity index (χ4n) is 2.55. The first-order valence-electron chi connectivity index (χ1n) is 6.96. The Morgan fingerprint density at radius 2 is 2.20 bits per heavy atom. The first kappa shape index (κ1) is 14.9. The van der Waals surface area contributed by atoms with Crippen LogP contribution >= 0.6 is 0 Å². The van der Waals surface area contributed by atoms with Gasteiger partial charge >= 0.3 is 0 Å². The number of benzene rings is 1. The molecule has 2 N–H and O–H groups in total. The van der Waals surface area contributed by atoms with Gasteiger partial charge in [0.1, 0.15) is 11.6 Å². The normalized spacial score (nSPS) is 24.2. The third-order valence-corrected chi connectivity index (χ3v) is 3.77. The molecule has 5 heteroatoms. The lowest BCUT2D eigenvalue weighted by Crippen LogP contribution is -2.48. The molecule has 110 valence electrons. The average molecular weight is 282 g/mol. The molecule has 0 saturated carbocycles. The summed E-state index contributed by atoms with van der Waals surface area (Å²) in [6, 6.07) is 2.68. The molecule has 0 aliphatic carbocycles. The van der Waals surface area contributed by atoms with Gasteiger partial charge in [-0.1, -0.05) is 13.0 Å². The van der Waals surface area contributed by atoms with E-state index in [0.717, 1.165) is 25.5 Å². The van der Waals surface area contributed by atoms with Gasteiger partial charge in [-0.2, -0.15) is 0 Å². The van der Waals surface area contributed by atoms with Gasteiger partial charge in [-0.3, -0.25) is 4.79 Å². The summed E-state index contributed by atoms with van der Waals surface area (Å²) >= 11 is 0. The Morgan fingerprint density at radius 1 is 1.45 bits per heavy atom. The molecule has 20 heavy (non-hydrogen) atoms. The van der Waals surface area contributed by atoms with Crippen LogP contribution in [0.4, 0.5) is 8.78 Å². The van der Waals surface area contributed by atoms with Crippen LogP contribution in [-0.2, 0) is 4.79 Å². The molecule has 0 aromatic heterocycles. The second-order valence-electron chi connectivity index (χ2n) is 5.53. The van der Waals surface area contributed by atoms with E-state index in [1.54, 1.807) is 6.92 Å². The fourth-order valence-corrected chi connectivity index (χ4v) is 2.55. The van der Waals surface area contributed by atoms with Crippen molar-refractivity contribution in [3.63, 3.8) is 0 Å². The molecule has 1 heterocycles. The van der Waals surface area contributed by atoms with Gasteiger partial charge in [0.15, 0.2) is 0 Å². The summed E-state index contributed by atoms with van der Waals surface area (Å²) in [6.07, 6.45) is 1.84. The lowest BCUT2D eigenvalue weighted by Gasteiger charge is -2.28. The Bertz CT molecular complexity index is 493. The van der Waals surface area contributed by atoms with Crippen molar-refractivity contribution in [3.05, 3.63) is 35.4 Å². The molecule has 1 aromatic rings. The molecule has 3 atom stereocenters. The number of carbonyl (C=O) groups is 1. The van der Waals surface area contributed by atoms with Gasteiger partial charge < -0.3 is 10.6 Å². The van der Waals surface area contributed by atoms with Crippen molar-refractivity contribution in [1.82, 2.24) is 10.6 Å². The number of nitrogens with one attached hydrogen (secondary N) is 2. The highest BCUT2D eigenvalue weighted by atomic mass is 19.1. The third kappa shape index (κ3) is 3.54. The maximum atomic E-state index is 13.6. The molecule has 3 nitrogen and oxygen atoms in total. The summed E-state index contributed by atoms with van der Waals surface area (Å²) in [5.74, 6) is -0.882. The van der Waals surface area contributed by atoms with E-state index in [4.69, 9.17) is 0 Å². The smallest absolute Gasteiger partial charge is 0.237 e. The zero-order valence-electron chi connectivity index (χ0n) is 11.7. The quantitative estimate of drug-likeness (QED) is 0.894. The van der Waals surface area contributed by atoms with E-state index >= 15 is 0 Å². The van der Waals surface area contributed by atoms with E-state index in [1.807, 2.05) is 0 Å². The Labute approximate surface area is 117 Å². The van der Waals surface area contributed by atoms with Crippen molar-refractivity contribution >= 4 is 5.91 Å². The Morgan fingerprint density at radius 3 is 2.85 bits per heavy atom. The standard InChI is InChI=1S/C15H20F2N2O/c1-9-5-6-18-14(7-9)15(20)19-10(2)12-4-3-11(16)8-13(12)17/h3-4,8-10,14,18H,5-7H2,1-2H3,(H,19,20). The monoisotopic (exact) mass is 282 g/mol. The van der Waals surface area contributed by atoms with Gasteiger partial charge in [0, 0.05) is 11.6 Å². The highest BCUT2D eigenvalue weighted by molar-refractivity contribution is 5.82. The number of hydrogen-bond acceptors (Lipinski definition) is 2. The highest BCUT2D eigenvalue weighted by Crippen LogP contribution is 2.19. The van der Waals surface area contributed by atoms with E-state index in [1.165, 1.54) is 12.1 Å². The summed E-state index contributed by atoms with van der Waals surface area (Å²) < 4.78 is 26.5. The SMILES string of the molecule is CC1CCNC(C(=O)NC(C)c2ccc(F)cc2F)C1. The van der Waals surface area contributed by atoms with E-state index in [-0.39, 0.29) is 11.9 Å². The van der Waals surface area contributed by atoms with Crippen molar-refractivity contribution in [2.24, 2.45) is 5.92 Å². The summed E-state index contributed by atoms with van der Waals surface area (Å²) in [7, 11) is 0. The molecule has 2 rings (SSSR count). The van der Waals surface area contributed by atoms with Crippen LogP contribution in [0.25, 0.3) is 0 Å². The van der Waals surface area contributed by atoms with Crippen molar-refractivity contribution in [3.8, 4) is 0 Å². The maximum Gasteiger partial charge on any atom is 0.237 e. The molecule has 0 spiro atoms. The molecule has 1 fully saturated rings. The molecular formula is C15H20F2N2O. The first-order chi connectivity index (χ1) is 9.47. The zero-order chi connectivity index (χ0) is 14.7. The Hall–Kier alpha value is -1.49. The van der Waals surface area contributed by atoms with Gasteiger partial charge in [-0.25, -0.2) is 8.78 Å². The molecule has 3 unspecified atom stereocenters. The minimum absolute atomic E-state index is 0.132. The second-order valence-corrected chi connectivity index (χ2v) is 5.53. The minimum atomic E-state index is -0.636. The van der Waals surface area contributed by atoms with Crippen LogP contribution in [0.2, 0.25) is 0 Å². The number of hydrogen-bond donors (Lipinski definition) is 2. The molecule has 0 radical (unpaired) electrons. The van der Waals surface area contributed by atoms with Crippen LogP contribution in [-0.4, -0.2) is 18.5 Å². The van der Waals surface area contributed by atoms with Crippen LogP contribution in [0.3, 0.4) is 0 Å². The lowest BCUT2D eigenvalue weighted by atomic mass is 9.93. The Kier molecular flexibility index (Phi) is 4.70. The molecular weight excluding hydrogens is 262 g/mol. The van der Waals surface area contributed by atoms with Crippen LogP contribution in [0.15, 0.2) is 18.2 Å². The summed E-state index contributed by atoms with van der Waals surface area (Å²) in [6.45, 7) is 4.63. The number of halogens is 2. The zero-order valence-corrected chi connectivity index (χ0v) is 11.7. The van der Waals surface area contributed by atoms with Gasteiger partial charge in [0.2, 0.25) is 5.91 Å². The predicted octanol–water partition coefficient (Wildman–Crippen LogP) is 2.53. The molecule has 1 aliphatic heterocycles. The van der Waals surface area contributed by atoms with Crippen molar-refractivity contribution in [2.75, 3.05) is 6.54 Å². The Balaban J connectivity index is 1.99. The van der Waals surface area contributed by atoms with Gasteiger partial charge in [0.05, 0.1) is 12.1 Å². The lowest BCUT2D eigenvalue weighted by molar-refractivity contribution is -0.124. The molecule has 1 aromatic carbocycles. The number of rotatable bonds is 3. The summed E-state index contributed by atoms with van der Waals surface area (Å²) in [4.78, 5) is 12.1. The summed E-state index contributed by atoms with van der Waals surface area (Å²) in [5, 5.41) is 5.95. The predicted molar refractivity (Wildman–Crippen MR) is 73.1 cm³/mol. The highest BCUT2D eigenvalue weighted by Gasteiger charge is 2.26. The van der Waals surface area contributed by atoms with E-state index < -0.39 is 17.7 Å². The molecule has 1 aliphatic rings. The third-order valence-electron chi connectivity index (χ3n) is 3.77. The first-order valence-corrected chi connectivity index (χ1v) is 6.96. The fraction of sp³-hybridized carbons (Fsp3) is 0.533. The number of amides is 1. The number of piperidine rings is 1. The maximum absolute atomic E-state index is 13.6. The largest absolute Gasteiger partial charge is 0.348 e. The molecule has 1 amide bonds. The topological polar surface area (TPSA) is 41.1 Å². The van der Waals surface area contributed by atoms with E-state index in [0.29, 0.717) is 11.5 Å². The van der Waals surface area contributed by atoms with Crippen molar-refractivity contribution in [2.45, 2.75) is 38.8 Å². The van der Waals surface area contributed by atoms with Crippen molar-refractivity contribution in [1.29, 1.82) is 0 Å². The minimum Gasteiger partial charge on any atom is -0.348 e. The van der Waals surface area contributed by atoms with Crippen molar-refractivity contribution < 1.29 is 13.6 Å². The van der Waals surface area contributed by atoms with Crippen LogP contribution in [0, 0.1) is 17.6 Å². The van der Waals surface area contributed by atoms with Gasteiger partial charge in [-0.05, 0) is 38.3 Å². The molecule has 0 bridgehead atoms.